The molecule has 0 atom stereocenters. The summed E-state index contributed by atoms with van der Waals surface area (Å²) in [7, 11) is 1.67. The van der Waals surface area contributed by atoms with Crippen LogP contribution in [-0.2, 0) is 6.42 Å². The highest BCUT2D eigenvalue weighted by molar-refractivity contribution is 5.40. The standard InChI is InChI=1S/C10H13FN6O/c1-6-15-8(17-18-6)3-4-13-9-7(11)5-14-10(12-2)16-9/h5H,3-4H2,1-2H3,(H2,12,13,14,16). The second kappa shape index (κ2) is 5.39. The smallest absolute Gasteiger partial charge is 0.224 e. The lowest BCUT2D eigenvalue weighted by Crippen LogP contribution is -2.10. The molecule has 0 saturated heterocycles. The molecule has 0 amide bonds. The Hall–Kier alpha value is -2.25. The van der Waals surface area contributed by atoms with E-state index < -0.39 is 5.82 Å². The van der Waals surface area contributed by atoms with E-state index in [0.717, 1.165) is 6.20 Å². The van der Waals surface area contributed by atoms with Gasteiger partial charge in [0.15, 0.2) is 17.5 Å². The van der Waals surface area contributed by atoms with E-state index in [-0.39, 0.29) is 5.82 Å². The normalized spacial score (nSPS) is 10.4. The van der Waals surface area contributed by atoms with E-state index in [1.54, 1.807) is 14.0 Å². The van der Waals surface area contributed by atoms with Crippen molar-refractivity contribution in [2.45, 2.75) is 13.3 Å². The highest BCUT2D eigenvalue weighted by atomic mass is 19.1. The zero-order valence-corrected chi connectivity index (χ0v) is 10.1. The summed E-state index contributed by atoms with van der Waals surface area (Å²) < 4.78 is 18.2. The van der Waals surface area contributed by atoms with Gasteiger partial charge in [-0.05, 0) is 0 Å². The first-order chi connectivity index (χ1) is 8.69. The Labute approximate surface area is 103 Å². The molecule has 0 aliphatic heterocycles. The number of nitrogens with one attached hydrogen (secondary N) is 2. The molecular weight excluding hydrogens is 239 g/mol. The van der Waals surface area contributed by atoms with Crippen LogP contribution in [0.25, 0.3) is 0 Å². The van der Waals surface area contributed by atoms with Crippen molar-refractivity contribution >= 4 is 11.8 Å². The maximum Gasteiger partial charge on any atom is 0.224 e. The molecule has 0 fully saturated rings. The Morgan fingerprint density at radius 1 is 1.39 bits per heavy atom. The minimum atomic E-state index is -0.502. The first-order valence-electron chi connectivity index (χ1n) is 5.42. The largest absolute Gasteiger partial charge is 0.367 e. The third kappa shape index (κ3) is 2.90. The third-order valence-corrected chi connectivity index (χ3v) is 2.18. The summed E-state index contributed by atoms with van der Waals surface area (Å²) >= 11 is 0. The van der Waals surface area contributed by atoms with Gasteiger partial charge in [0.1, 0.15) is 0 Å². The molecule has 2 heterocycles. The summed E-state index contributed by atoms with van der Waals surface area (Å²) in [4.78, 5) is 11.7. The van der Waals surface area contributed by atoms with Gasteiger partial charge in [0.25, 0.3) is 0 Å². The van der Waals surface area contributed by atoms with E-state index in [2.05, 4.69) is 30.7 Å². The first-order valence-corrected chi connectivity index (χ1v) is 5.42. The molecule has 0 radical (unpaired) electrons. The average Bonchev–Trinajstić information content (AvgIpc) is 2.77. The Morgan fingerprint density at radius 3 is 2.89 bits per heavy atom. The zero-order chi connectivity index (χ0) is 13.0. The van der Waals surface area contributed by atoms with Crippen molar-refractivity contribution < 1.29 is 8.91 Å². The fraction of sp³-hybridized carbons (Fsp3) is 0.400. The molecule has 0 aliphatic rings. The molecule has 2 aromatic rings. The molecule has 96 valence electrons. The van der Waals surface area contributed by atoms with Crippen LogP contribution >= 0.6 is 0 Å². The van der Waals surface area contributed by atoms with Crippen LogP contribution in [0.2, 0.25) is 0 Å². The number of aryl methyl sites for hydroxylation is 1. The molecular formula is C10H13FN6O. The Balaban J connectivity index is 1.93. The first kappa shape index (κ1) is 12.2. The SMILES string of the molecule is CNc1ncc(F)c(NCCc2noc(C)n2)n1. The average molecular weight is 252 g/mol. The second-order valence-corrected chi connectivity index (χ2v) is 3.55. The van der Waals surface area contributed by atoms with Crippen molar-refractivity contribution in [3.05, 3.63) is 23.7 Å². The lowest BCUT2D eigenvalue weighted by atomic mass is 10.4. The van der Waals surface area contributed by atoms with Crippen molar-refractivity contribution in [3.63, 3.8) is 0 Å². The van der Waals surface area contributed by atoms with Gasteiger partial charge in [-0.2, -0.15) is 9.97 Å². The predicted octanol–water partition coefficient (Wildman–Crippen LogP) is 1.00. The van der Waals surface area contributed by atoms with Crippen LogP contribution < -0.4 is 10.6 Å². The van der Waals surface area contributed by atoms with Crippen LogP contribution in [-0.4, -0.2) is 33.7 Å². The van der Waals surface area contributed by atoms with E-state index in [1.165, 1.54) is 0 Å². The summed E-state index contributed by atoms with van der Waals surface area (Å²) in [5, 5.41) is 9.33. The monoisotopic (exact) mass is 252 g/mol. The molecule has 0 saturated carbocycles. The fourth-order valence-corrected chi connectivity index (χ4v) is 1.35. The summed E-state index contributed by atoms with van der Waals surface area (Å²) in [5.41, 5.74) is 0. The van der Waals surface area contributed by atoms with Gasteiger partial charge < -0.3 is 15.2 Å². The zero-order valence-electron chi connectivity index (χ0n) is 10.1. The van der Waals surface area contributed by atoms with E-state index in [1.807, 2.05) is 0 Å². The number of halogens is 1. The molecule has 7 nitrogen and oxygen atoms in total. The maximum absolute atomic E-state index is 13.4. The molecule has 0 aromatic carbocycles. The van der Waals surface area contributed by atoms with Crippen LogP contribution in [0.4, 0.5) is 16.2 Å². The molecule has 0 bridgehead atoms. The molecule has 0 aliphatic carbocycles. The van der Waals surface area contributed by atoms with Crippen LogP contribution in [0.15, 0.2) is 10.7 Å². The van der Waals surface area contributed by atoms with Crippen LogP contribution in [0.3, 0.4) is 0 Å². The highest BCUT2D eigenvalue weighted by Crippen LogP contribution is 2.11. The van der Waals surface area contributed by atoms with Crippen molar-refractivity contribution in [1.82, 2.24) is 20.1 Å². The van der Waals surface area contributed by atoms with E-state index in [9.17, 15) is 4.39 Å². The highest BCUT2D eigenvalue weighted by Gasteiger charge is 2.07. The van der Waals surface area contributed by atoms with Crippen molar-refractivity contribution in [2.24, 2.45) is 0 Å². The number of hydrogen-bond donors (Lipinski definition) is 2. The van der Waals surface area contributed by atoms with Crippen molar-refractivity contribution in [1.29, 1.82) is 0 Å². The lowest BCUT2D eigenvalue weighted by molar-refractivity contribution is 0.387. The molecule has 2 N–H and O–H groups in total. The molecule has 2 rings (SSSR count). The summed E-state index contributed by atoms with van der Waals surface area (Å²) in [6.07, 6.45) is 1.63. The van der Waals surface area contributed by atoms with E-state index >= 15 is 0 Å². The van der Waals surface area contributed by atoms with Crippen LogP contribution in [0.5, 0.6) is 0 Å². The number of rotatable bonds is 5. The summed E-state index contributed by atoms with van der Waals surface area (Å²) in [6.45, 7) is 2.17. The molecule has 18 heavy (non-hydrogen) atoms. The van der Waals surface area contributed by atoms with Crippen molar-refractivity contribution in [2.75, 3.05) is 24.2 Å². The fourth-order valence-electron chi connectivity index (χ4n) is 1.35. The second-order valence-electron chi connectivity index (χ2n) is 3.55. The maximum atomic E-state index is 13.4. The minimum Gasteiger partial charge on any atom is -0.367 e. The van der Waals surface area contributed by atoms with Gasteiger partial charge in [-0.1, -0.05) is 5.16 Å². The Morgan fingerprint density at radius 2 is 2.22 bits per heavy atom. The number of anilines is 2. The Kier molecular flexibility index (Phi) is 3.66. The van der Waals surface area contributed by atoms with Crippen LogP contribution in [0.1, 0.15) is 11.7 Å². The topological polar surface area (TPSA) is 88.8 Å². The van der Waals surface area contributed by atoms with Gasteiger partial charge in [-0.3, -0.25) is 0 Å². The molecule has 0 spiro atoms. The predicted molar refractivity (Wildman–Crippen MR) is 62.8 cm³/mol. The summed E-state index contributed by atoms with van der Waals surface area (Å²) in [5.74, 6) is 1.08. The quantitative estimate of drug-likeness (QED) is 0.820. The molecule has 2 aromatic heterocycles. The van der Waals surface area contributed by atoms with E-state index in [0.29, 0.717) is 30.6 Å². The number of hydrogen-bond acceptors (Lipinski definition) is 7. The van der Waals surface area contributed by atoms with Crippen molar-refractivity contribution in [3.8, 4) is 0 Å². The lowest BCUT2D eigenvalue weighted by Gasteiger charge is -2.06. The number of nitrogens with zero attached hydrogens (tertiary/aromatic N) is 4. The van der Waals surface area contributed by atoms with Gasteiger partial charge in [-0.15, -0.1) is 0 Å². The third-order valence-electron chi connectivity index (χ3n) is 2.18. The van der Waals surface area contributed by atoms with Gasteiger partial charge >= 0.3 is 0 Å². The van der Waals surface area contributed by atoms with Gasteiger partial charge in [0.2, 0.25) is 11.8 Å². The molecule has 8 heteroatoms. The Bertz CT molecular complexity index is 529. The van der Waals surface area contributed by atoms with Crippen LogP contribution in [0, 0.1) is 12.7 Å². The van der Waals surface area contributed by atoms with Gasteiger partial charge in [-0.25, -0.2) is 9.37 Å². The van der Waals surface area contributed by atoms with Gasteiger partial charge in [0, 0.05) is 26.9 Å². The summed E-state index contributed by atoms with van der Waals surface area (Å²) in [6, 6.07) is 0. The minimum absolute atomic E-state index is 0.148. The molecule has 0 unspecified atom stereocenters. The van der Waals surface area contributed by atoms with Gasteiger partial charge in [0.05, 0.1) is 6.20 Å². The number of aromatic nitrogens is 4. The van der Waals surface area contributed by atoms with E-state index in [4.69, 9.17) is 4.52 Å².